The van der Waals surface area contributed by atoms with Gasteiger partial charge in [0, 0.05) is 52.0 Å². The van der Waals surface area contributed by atoms with Crippen LogP contribution in [0.1, 0.15) is 33.6 Å². The van der Waals surface area contributed by atoms with Crippen LogP contribution in [0.3, 0.4) is 0 Å². The maximum Gasteiger partial charge on any atom is 0.236 e. The molecule has 0 saturated heterocycles. The summed E-state index contributed by atoms with van der Waals surface area (Å²) in [7, 11) is 2.94. The molecule has 0 aliphatic heterocycles. The first kappa shape index (κ1) is 39.8. The first-order chi connectivity index (χ1) is 25.0. The van der Waals surface area contributed by atoms with Crippen LogP contribution in [0.25, 0.3) is 0 Å². The highest BCUT2D eigenvalue weighted by atomic mass is 35.5. The van der Waals surface area contributed by atoms with Crippen LogP contribution in [0.4, 0.5) is 0 Å². The van der Waals surface area contributed by atoms with E-state index < -0.39 is 0 Å². The molecule has 52 heavy (non-hydrogen) atoms. The van der Waals surface area contributed by atoms with Gasteiger partial charge < -0.3 is 28.8 Å². The smallest absolute Gasteiger partial charge is 0.236 e. The maximum absolute atomic E-state index is 9.26. The van der Waals surface area contributed by atoms with Crippen LogP contribution < -0.4 is 23.7 Å². The highest BCUT2D eigenvalue weighted by Gasteiger charge is 2.21. The van der Waals surface area contributed by atoms with E-state index in [1.54, 1.807) is 37.3 Å². The zero-order chi connectivity index (χ0) is 37.8. The quantitative estimate of drug-likeness (QED) is 0.130. The summed E-state index contributed by atoms with van der Waals surface area (Å²) >= 11 is 24.9. The van der Waals surface area contributed by atoms with Gasteiger partial charge in [0.1, 0.15) is 27.3 Å². The Balaban J connectivity index is 0.000000239. The average molecular weight is 783 g/mol. The van der Waals surface area contributed by atoms with Gasteiger partial charge in [0.25, 0.3) is 0 Å². The van der Waals surface area contributed by atoms with Crippen molar-refractivity contribution in [2.75, 3.05) is 27.4 Å². The predicted octanol–water partition coefficient (Wildman–Crippen LogP) is 9.90. The van der Waals surface area contributed by atoms with Crippen molar-refractivity contribution in [1.82, 2.24) is 9.97 Å². The molecule has 0 saturated carbocycles. The van der Waals surface area contributed by atoms with Crippen molar-refractivity contribution in [3.63, 3.8) is 0 Å². The van der Waals surface area contributed by atoms with Crippen molar-refractivity contribution >= 4 is 46.4 Å². The van der Waals surface area contributed by atoms with Gasteiger partial charge in [0.05, 0.1) is 44.1 Å². The molecule has 0 radical (unpaired) electrons. The molecule has 0 fully saturated rings. The number of pyridine rings is 2. The molecule has 0 aliphatic carbocycles. The van der Waals surface area contributed by atoms with Crippen molar-refractivity contribution in [2.45, 2.75) is 26.7 Å². The number of aliphatic hydroxyl groups is 1. The lowest BCUT2D eigenvalue weighted by Crippen LogP contribution is -2.07. The van der Waals surface area contributed by atoms with Crippen molar-refractivity contribution in [3.8, 4) is 52.6 Å². The molecule has 2 aromatic heterocycles. The van der Waals surface area contributed by atoms with E-state index in [-0.39, 0.29) is 28.4 Å². The van der Waals surface area contributed by atoms with E-state index >= 15 is 0 Å². The lowest BCUT2D eigenvalue weighted by molar-refractivity contribution is 0.297. The molecule has 0 atom stereocenters. The molecule has 268 valence electrons. The molecule has 1 N–H and O–H groups in total. The van der Waals surface area contributed by atoms with E-state index in [0.29, 0.717) is 80.6 Å². The maximum atomic E-state index is 9.26. The van der Waals surface area contributed by atoms with Gasteiger partial charge in [0.15, 0.2) is 11.5 Å². The number of rotatable bonds is 12. The van der Waals surface area contributed by atoms with Crippen LogP contribution in [0.5, 0.6) is 40.5 Å². The second kappa shape index (κ2) is 19.1. The second-order valence-electron chi connectivity index (χ2n) is 10.8. The molecule has 5 rings (SSSR count). The van der Waals surface area contributed by atoms with E-state index in [2.05, 4.69) is 16.0 Å². The number of hydrogen-bond acceptors (Lipinski definition) is 10. The van der Waals surface area contributed by atoms with Gasteiger partial charge in [0.2, 0.25) is 11.8 Å². The second-order valence-corrected chi connectivity index (χ2v) is 12.4. The number of nitrogens with zero attached hydrogens (tertiary/aromatic N) is 4. The molecular weight excluding hydrogens is 750 g/mol. The molecule has 0 spiro atoms. The van der Waals surface area contributed by atoms with Crippen molar-refractivity contribution in [1.29, 1.82) is 10.5 Å². The number of halogens is 4. The number of benzene rings is 3. The largest absolute Gasteiger partial charge is 0.493 e. The lowest BCUT2D eigenvalue weighted by atomic mass is 10.1. The van der Waals surface area contributed by atoms with E-state index in [9.17, 15) is 10.4 Å². The van der Waals surface area contributed by atoms with Gasteiger partial charge in [-0.1, -0.05) is 64.6 Å². The number of para-hydroxylation sites is 1. The first-order valence-electron chi connectivity index (χ1n) is 15.5. The number of aromatic nitrogens is 2. The van der Waals surface area contributed by atoms with E-state index in [1.807, 2.05) is 43.3 Å². The molecule has 0 bridgehead atoms. The topological polar surface area (TPSA) is 140 Å². The molecule has 2 heterocycles. The van der Waals surface area contributed by atoms with Gasteiger partial charge in [-0.15, -0.1) is 0 Å². The SMILES string of the molecule is COc1nc(C)c(CCO)c(Oc2cc(Cl)cc(C#N)c2)c1Cl.COc1nc(C)c(CCOc2ccccc2)c(Oc2cc(Cl)cc(C#N)c2)c1Cl. The van der Waals surface area contributed by atoms with Gasteiger partial charge >= 0.3 is 0 Å². The minimum atomic E-state index is -0.0828. The van der Waals surface area contributed by atoms with Gasteiger partial charge in [-0.25, -0.2) is 9.97 Å². The fraction of sp³-hybridized carbons (Fsp3) is 0.211. The lowest BCUT2D eigenvalue weighted by Gasteiger charge is -2.17. The highest BCUT2D eigenvalue weighted by molar-refractivity contribution is 6.34. The number of aliphatic hydroxyl groups excluding tert-OH is 1. The van der Waals surface area contributed by atoms with Gasteiger partial charge in [-0.3, -0.25) is 0 Å². The summed E-state index contributed by atoms with van der Waals surface area (Å²) in [6.07, 6.45) is 0.835. The summed E-state index contributed by atoms with van der Waals surface area (Å²) in [5.74, 6) is 2.75. The van der Waals surface area contributed by atoms with Crippen LogP contribution in [-0.2, 0) is 12.8 Å². The van der Waals surface area contributed by atoms with Crippen molar-refractivity contribution in [2.24, 2.45) is 0 Å². The third-order valence-corrected chi connectivity index (χ3v) is 8.39. The molecule has 3 aromatic carbocycles. The summed E-state index contributed by atoms with van der Waals surface area (Å²) in [6, 6.07) is 23.0. The fourth-order valence-corrected chi connectivity index (χ4v) is 5.90. The van der Waals surface area contributed by atoms with E-state index in [4.69, 9.17) is 75.3 Å². The average Bonchev–Trinajstić information content (AvgIpc) is 3.13. The first-order valence-corrected chi connectivity index (χ1v) is 17.0. The Hall–Kier alpha value is -4.94. The highest BCUT2D eigenvalue weighted by Crippen LogP contribution is 2.42. The Morgan fingerprint density at radius 2 is 1.12 bits per heavy atom. The van der Waals surface area contributed by atoms with E-state index in [1.165, 1.54) is 20.3 Å². The Labute approximate surface area is 321 Å². The molecule has 0 aliphatic rings. The summed E-state index contributed by atoms with van der Waals surface area (Å²) in [5.41, 5.74) is 3.54. The summed E-state index contributed by atoms with van der Waals surface area (Å²) in [4.78, 5) is 8.64. The van der Waals surface area contributed by atoms with Crippen LogP contribution in [0.15, 0.2) is 66.7 Å². The molecule has 10 nitrogen and oxygen atoms in total. The molecule has 0 amide bonds. The number of aryl methyl sites for hydroxylation is 2. The minimum Gasteiger partial charge on any atom is -0.493 e. The van der Waals surface area contributed by atoms with Crippen LogP contribution in [0, 0.1) is 36.5 Å². The third-order valence-electron chi connectivity index (χ3n) is 7.29. The minimum absolute atomic E-state index is 0.0828. The zero-order valence-corrected chi connectivity index (χ0v) is 31.5. The number of methoxy groups -OCH3 is 2. The molecular formula is C38H32Cl4N4O6. The predicted molar refractivity (Wildman–Crippen MR) is 200 cm³/mol. The third kappa shape index (κ3) is 10.3. The zero-order valence-electron chi connectivity index (χ0n) is 28.5. The Kier molecular flexibility index (Phi) is 14.6. The van der Waals surface area contributed by atoms with Crippen molar-refractivity contribution < 1.29 is 28.8 Å². The molecule has 14 heteroatoms. The Morgan fingerprint density at radius 1 is 0.654 bits per heavy atom. The standard InChI is InChI=1S/C22H18Cl2N2O3.C16H14Cl2N2O3/c1-14-19(8-9-28-17-6-4-3-5-7-17)21(20(24)22(26-14)27-2)29-18-11-15(13-25)10-16(23)12-18;1-9-13(3-4-21)15(14(18)16(20-9)22-2)23-12-6-10(8-19)5-11(17)7-12/h3-7,10-12H,8-9H2,1-2H3;5-7,21H,3-4H2,1-2H3. The van der Waals surface area contributed by atoms with Gasteiger partial charge in [-0.05, 0) is 62.4 Å². The van der Waals surface area contributed by atoms with E-state index in [0.717, 1.165) is 11.3 Å². The fourth-order valence-electron chi connectivity index (χ4n) is 4.91. The monoisotopic (exact) mass is 780 g/mol. The number of ether oxygens (including phenoxy) is 5. The number of hydrogen-bond donors (Lipinski definition) is 1. The van der Waals surface area contributed by atoms with Crippen LogP contribution >= 0.6 is 46.4 Å². The number of nitriles is 2. The Morgan fingerprint density at radius 3 is 1.54 bits per heavy atom. The summed E-state index contributed by atoms with van der Waals surface area (Å²) < 4.78 is 28.1. The molecule has 0 unspecified atom stereocenters. The Bertz CT molecular complexity index is 2120. The van der Waals surface area contributed by atoms with Crippen LogP contribution in [-0.4, -0.2) is 42.5 Å². The van der Waals surface area contributed by atoms with Crippen LogP contribution in [0.2, 0.25) is 20.1 Å². The normalized spacial score (nSPS) is 10.3. The van der Waals surface area contributed by atoms with Gasteiger partial charge in [-0.2, -0.15) is 10.5 Å². The molecule has 5 aromatic rings. The van der Waals surface area contributed by atoms with Crippen molar-refractivity contribution in [3.05, 3.63) is 120 Å². The summed E-state index contributed by atoms with van der Waals surface area (Å²) in [6.45, 7) is 3.95. The summed E-state index contributed by atoms with van der Waals surface area (Å²) in [5, 5.41) is 28.7.